The molecule has 0 aliphatic carbocycles. The molecule has 1 aliphatic heterocycles. The van der Waals surface area contributed by atoms with Gasteiger partial charge >= 0.3 is 12.1 Å². The molecule has 1 aliphatic rings. The molecule has 0 aromatic carbocycles. The van der Waals surface area contributed by atoms with E-state index in [-0.39, 0.29) is 18.0 Å². The third-order valence-electron chi connectivity index (χ3n) is 2.67. The van der Waals surface area contributed by atoms with Crippen LogP contribution in [0.1, 0.15) is 41.5 Å². The molecule has 0 atom stereocenters. The molecule has 0 bridgehead atoms. The molecule has 1 rings (SSSR count). The Bertz CT molecular complexity index is 345. The fourth-order valence-electron chi connectivity index (χ4n) is 1.56. The van der Waals surface area contributed by atoms with Crippen LogP contribution in [0, 0.1) is 11.3 Å². The number of amides is 1. The quantitative estimate of drug-likeness (QED) is 0.724. The van der Waals surface area contributed by atoms with Gasteiger partial charge in [-0.15, -0.1) is 0 Å². The summed E-state index contributed by atoms with van der Waals surface area (Å²) in [7, 11) is 0. The summed E-state index contributed by atoms with van der Waals surface area (Å²) >= 11 is 0. The van der Waals surface area contributed by atoms with Crippen molar-refractivity contribution in [3.63, 3.8) is 0 Å². The van der Waals surface area contributed by atoms with E-state index in [0.29, 0.717) is 19.7 Å². The lowest BCUT2D eigenvalue weighted by Gasteiger charge is -2.39. The van der Waals surface area contributed by atoms with E-state index in [1.54, 1.807) is 4.90 Å². The zero-order valence-corrected chi connectivity index (χ0v) is 12.8. The third kappa shape index (κ3) is 5.09. The average molecular weight is 271 g/mol. The molecule has 1 fully saturated rings. The predicted molar refractivity (Wildman–Crippen MR) is 71.7 cm³/mol. The van der Waals surface area contributed by atoms with Crippen molar-refractivity contribution < 1.29 is 19.1 Å². The predicted octanol–water partition coefficient (Wildman–Crippen LogP) is 2.44. The Kier molecular flexibility index (Phi) is 4.48. The zero-order chi connectivity index (χ0) is 14.8. The van der Waals surface area contributed by atoms with Crippen molar-refractivity contribution in [3.8, 4) is 0 Å². The summed E-state index contributed by atoms with van der Waals surface area (Å²) in [6.07, 6.45) is -0.300. The Morgan fingerprint density at radius 2 is 1.63 bits per heavy atom. The summed E-state index contributed by atoms with van der Waals surface area (Å²) in [5, 5.41) is 0. The topological polar surface area (TPSA) is 55.8 Å². The monoisotopic (exact) mass is 271 g/mol. The summed E-state index contributed by atoms with van der Waals surface area (Å²) in [5.74, 6) is 0.0158. The van der Waals surface area contributed by atoms with Crippen molar-refractivity contribution in [2.75, 3.05) is 19.7 Å². The van der Waals surface area contributed by atoms with Crippen LogP contribution in [0.15, 0.2) is 0 Å². The van der Waals surface area contributed by atoms with E-state index in [9.17, 15) is 9.59 Å². The van der Waals surface area contributed by atoms with Crippen LogP contribution in [0.4, 0.5) is 4.79 Å². The fourth-order valence-corrected chi connectivity index (χ4v) is 1.56. The van der Waals surface area contributed by atoms with E-state index >= 15 is 0 Å². The minimum atomic E-state index is -0.478. The van der Waals surface area contributed by atoms with Crippen molar-refractivity contribution in [3.05, 3.63) is 0 Å². The average Bonchev–Trinajstić information content (AvgIpc) is 2.09. The van der Waals surface area contributed by atoms with Gasteiger partial charge in [0, 0.05) is 19.0 Å². The molecular formula is C14H25NO4. The second-order valence-electron chi connectivity index (χ2n) is 7.10. The summed E-state index contributed by atoms with van der Waals surface area (Å²) in [4.78, 5) is 24.9. The SMILES string of the molecule is CC(C)(C)OC(=O)N1CC(COC(=O)C(C)(C)C)C1. The molecule has 19 heavy (non-hydrogen) atoms. The van der Waals surface area contributed by atoms with Crippen LogP contribution in [-0.2, 0) is 14.3 Å². The van der Waals surface area contributed by atoms with Gasteiger partial charge in [0.2, 0.25) is 0 Å². The number of carbonyl (C=O) groups is 2. The molecule has 0 saturated carbocycles. The number of rotatable bonds is 2. The van der Waals surface area contributed by atoms with E-state index in [1.807, 2.05) is 41.5 Å². The molecule has 0 N–H and O–H groups in total. The lowest BCUT2D eigenvalue weighted by Crippen LogP contribution is -2.53. The van der Waals surface area contributed by atoms with Crippen LogP contribution in [0.5, 0.6) is 0 Å². The number of likely N-dealkylation sites (tertiary alicyclic amines) is 1. The summed E-state index contributed by atoms with van der Waals surface area (Å²) in [6, 6.07) is 0. The highest BCUT2D eigenvalue weighted by atomic mass is 16.6. The maximum Gasteiger partial charge on any atom is 0.410 e. The molecule has 0 spiro atoms. The Morgan fingerprint density at radius 3 is 2.05 bits per heavy atom. The van der Waals surface area contributed by atoms with Gasteiger partial charge in [-0.05, 0) is 41.5 Å². The largest absolute Gasteiger partial charge is 0.465 e. The maximum atomic E-state index is 11.7. The van der Waals surface area contributed by atoms with Crippen molar-refractivity contribution >= 4 is 12.1 Å². The zero-order valence-electron chi connectivity index (χ0n) is 12.8. The first-order valence-electron chi connectivity index (χ1n) is 6.64. The summed E-state index contributed by atoms with van der Waals surface area (Å²) in [6.45, 7) is 12.5. The first-order chi connectivity index (χ1) is 8.49. The molecule has 0 aromatic rings. The molecular weight excluding hydrogens is 246 g/mol. The highest BCUT2D eigenvalue weighted by Gasteiger charge is 2.35. The molecule has 0 radical (unpaired) electrons. The van der Waals surface area contributed by atoms with Crippen LogP contribution in [0.2, 0.25) is 0 Å². The first-order valence-corrected chi connectivity index (χ1v) is 6.64. The van der Waals surface area contributed by atoms with Gasteiger partial charge < -0.3 is 14.4 Å². The Hall–Kier alpha value is -1.26. The van der Waals surface area contributed by atoms with E-state index in [4.69, 9.17) is 9.47 Å². The molecule has 0 unspecified atom stereocenters. The third-order valence-corrected chi connectivity index (χ3v) is 2.67. The minimum Gasteiger partial charge on any atom is -0.465 e. The van der Waals surface area contributed by atoms with Gasteiger partial charge in [-0.3, -0.25) is 4.79 Å². The normalized spacial score (nSPS) is 16.8. The fraction of sp³-hybridized carbons (Fsp3) is 0.857. The van der Waals surface area contributed by atoms with Crippen molar-refractivity contribution in [1.29, 1.82) is 0 Å². The lowest BCUT2D eigenvalue weighted by atomic mass is 9.97. The van der Waals surface area contributed by atoms with Crippen molar-refractivity contribution in [2.24, 2.45) is 11.3 Å². The van der Waals surface area contributed by atoms with Gasteiger partial charge in [0.1, 0.15) is 5.60 Å². The van der Waals surface area contributed by atoms with E-state index in [0.717, 1.165) is 0 Å². The van der Waals surface area contributed by atoms with Gasteiger partial charge in [0.25, 0.3) is 0 Å². The molecule has 110 valence electrons. The highest BCUT2D eigenvalue weighted by Crippen LogP contribution is 2.21. The van der Waals surface area contributed by atoms with Gasteiger partial charge in [0.05, 0.1) is 12.0 Å². The second kappa shape index (κ2) is 5.39. The minimum absolute atomic E-state index is 0.205. The molecule has 0 aromatic heterocycles. The number of esters is 1. The van der Waals surface area contributed by atoms with Crippen molar-refractivity contribution in [1.82, 2.24) is 4.90 Å². The van der Waals surface area contributed by atoms with Crippen LogP contribution in [0.3, 0.4) is 0 Å². The molecule has 1 heterocycles. The van der Waals surface area contributed by atoms with Crippen LogP contribution in [0.25, 0.3) is 0 Å². The first kappa shape index (κ1) is 15.8. The van der Waals surface area contributed by atoms with E-state index in [1.165, 1.54) is 0 Å². The number of nitrogens with zero attached hydrogens (tertiary/aromatic N) is 1. The Balaban J connectivity index is 2.24. The number of carbonyl (C=O) groups excluding carboxylic acids is 2. The van der Waals surface area contributed by atoms with Gasteiger partial charge in [-0.25, -0.2) is 4.79 Å². The molecule has 1 saturated heterocycles. The molecule has 5 nitrogen and oxygen atoms in total. The molecule has 5 heteroatoms. The van der Waals surface area contributed by atoms with Crippen molar-refractivity contribution in [2.45, 2.75) is 47.1 Å². The van der Waals surface area contributed by atoms with E-state index in [2.05, 4.69) is 0 Å². The maximum absolute atomic E-state index is 11.7. The molecule has 1 amide bonds. The number of hydrogen-bond acceptors (Lipinski definition) is 4. The van der Waals surface area contributed by atoms with Gasteiger partial charge in [-0.1, -0.05) is 0 Å². The van der Waals surface area contributed by atoms with Gasteiger partial charge in [-0.2, -0.15) is 0 Å². The van der Waals surface area contributed by atoms with Crippen LogP contribution >= 0.6 is 0 Å². The standard InChI is InChI=1S/C14H25NO4/c1-13(2,3)11(16)18-9-10-7-15(8-10)12(17)19-14(4,5)6/h10H,7-9H2,1-6H3. The smallest absolute Gasteiger partial charge is 0.410 e. The summed E-state index contributed by atoms with van der Waals surface area (Å²) < 4.78 is 10.5. The Morgan fingerprint density at radius 1 is 1.11 bits per heavy atom. The number of ether oxygens (including phenoxy) is 2. The number of hydrogen-bond donors (Lipinski definition) is 0. The summed E-state index contributed by atoms with van der Waals surface area (Å²) in [5.41, 5.74) is -0.949. The van der Waals surface area contributed by atoms with E-state index < -0.39 is 11.0 Å². The Labute approximate surface area is 115 Å². The lowest BCUT2D eigenvalue weighted by molar-refractivity contribution is -0.155. The van der Waals surface area contributed by atoms with Gasteiger partial charge in [0.15, 0.2) is 0 Å². The van der Waals surface area contributed by atoms with Crippen LogP contribution < -0.4 is 0 Å². The highest BCUT2D eigenvalue weighted by molar-refractivity contribution is 5.75. The van der Waals surface area contributed by atoms with Crippen LogP contribution in [-0.4, -0.2) is 42.3 Å². The second-order valence-corrected chi connectivity index (χ2v) is 7.10.